The monoisotopic (exact) mass is 658 g/mol. The largest absolute Gasteiger partial charge is 0.423 e. The lowest BCUT2D eigenvalue weighted by Crippen LogP contribution is -2.28. The van der Waals surface area contributed by atoms with E-state index >= 15 is 0 Å². The molecule has 9 rings (SSSR count). The van der Waals surface area contributed by atoms with Crippen molar-refractivity contribution in [2.24, 2.45) is 0 Å². The Morgan fingerprint density at radius 2 is 0.941 bits per heavy atom. The van der Waals surface area contributed by atoms with E-state index in [9.17, 15) is 9.59 Å². The van der Waals surface area contributed by atoms with Crippen LogP contribution in [-0.4, -0.2) is 11.9 Å². The smallest absolute Gasteiger partial charge is 0.335 e. The molecule has 8 aromatic carbocycles. The molecule has 51 heavy (non-hydrogen) atoms. The van der Waals surface area contributed by atoms with Crippen molar-refractivity contribution in [1.82, 2.24) is 0 Å². The van der Waals surface area contributed by atoms with Crippen LogP contribution in [0, 0.1) is 0 Å². The molecule has 0 unspecified atom stereocenters. The van der Waals surface area contributed by atoms with Crippen LogP contribution in [0.15, 0.2) is 171 Å². The van der Waals surface area contributed by atoms with Gasteiger partial charge in [-0.05, 0) is 125 Å². The molecule has 4 heteroatoms. The molecule has 0 fully saturated rings. The zero-order valence-electron chi connectivity index (χ0n) is 27.6. The maximum Gasteiger partial charge on any atom is 0.335 e. The summed E-state index contributed by atoms with van der Waals surface area (Å²) < 4.78 is 10.9. The minimum Gasteiger partial charge on any atom is -0.423 e. The highest BCUT2D eigenvalue weighted by Gasteiger charge is 2.47. The maximum atomic E-state index is 12.0. The van der Waals surface area contributed by atoms with Gasteiger partial charge in [0.2, 0.25) is 0 Å². The van der Waals surface area contributed by atoms with Crippen molar-refractivity contribution in [2.75, 3.05) is 0 Å². The lowest BCUT2D eigenvalue weighted by molar-refractivity contribution is -0.129. The number of esters is 2. The lowest BCUT2D eigenvalue weighted by Gasteiger charge is -2.34. The fourth-order valence-corrected chi connectivity index (χ4v) is 7.92. The molecule has 0 atom stereocenters. The van der Waals surface area contributed by atoms with E-state index in [1.807, 2.05) is 36.4 Å². The Hall–Kier alpha value is -6.78. The van der Waals surface area contributed by atoms with E-state index in [-0.39, 0.29) is 0 Å². The molecule has 0 aliphatic heterocycles. The Morgan fingerprint density at radius 3 is 1.53 bits per heavy atom. The Bertz CT molecular complexity index is 2680. The topological polar surface area (TPSA) is 52.6 Å². The van der Waals surface area contributed by atoms with Crippen LogP contribution in [0.3, 0.4) is 0 Å². The molecule has 0 bridgehead atoms. The summed E-state index contributed by atoms with van der Waals surface area (Å²) in [5.41, 5.74) is 6.40. The van der Waals surface area contributed by atoms with Crippen molar-refractivity contribution in [3.8, 4) is 22.6 Å². The van der Waals surface area contributed by atoms with Crippen molar-refractivity contribution in [3.63, 3.8) is 0 Å². The molecule has 0 radical (unpaired) electrons. The normalized spacial score (nSPS) is 12.8. The summed E-state index contributed by atoms with van der Waals surface area (Å²) in [6, 6.07) is 51.0. The zero-order chi connectivity index (χ0) is 34.7. The van der Waals surface area contributed by atoms with E-state index in [4.69, 9.17) is 9.47 Å². The van der Waals surface area contributed by atoms with Crippen LogP contribution >= 0.6 is 0 Å². The van der Waals surface area contributed by atoms with Crippen molar-refractivity contribution < 1.29 is 19.1 Å². The summed E-state index contributed by atoms with van der Waals surface area (Å²) in [4.78, 5) is 23.9. The van der Waals surface area contributed by atoms with Gasteiger partial charge in [0.05, 0.1) is 5.41 Å². The van der Waals surface area contributed by atoms with Gasteiger partial charge in [0, 0.05) is 12.2 Å². The predicted octanol–water partition coefficient (Wildman–Crippen LogP) is 10.8. The third-order valence-corrected chi connectivity index (χ3v) is 10.2. The van der Waals surface area contributed by atoms with Crippen LogP contribution in [0.5, 0.6) is 11.5 Å². The van der Waals surface area contributed by atoms with Crippen LogP contribution in [-0.2, 0) is 15.0 Å². The number of hydrogen-bond donors (Lipinski definition) is 0. The van der Waals surface area contributed by atoms with Crippen LogP contribution in [0.1, 0.15) is 22.3 Å². The molecule has 8 aromatic rings. The Balaban J connectivity index is 1.36. The first-order valence-electron chi connectivity index (χ1n) is 16.8. The molecule has 0 amide bonds. The molecule has 0 aromatic heterocycles. The summed E-state index contributed by atoms with van der Waals surface area (Å²) in [7, 11) is 0. The molecule has 0 spiro atoms. The van der Waals surface area contributed by atoms with Crippen molar-refractivity contribution >= 4 is 55.0 Å². The molecular formula is C47H30O4. The van der Waals surface area contributed by atoms with Gasteiger partial charge in [-0.1, -0.05) is 110 Å². The van der Waals surface area contributed by atoms with E-state index in [1.54, 1.807) is 0 Å². The summed E-state index contributed by atoms with van der Waals surface area (Å²) in [5, 5.41) is 8.71. The first kappa shape index (κ1) is 30.3. The second-order valence-electron chi connectivity index (χ2n) is 12.9. The highest BCUT2D eigenvalue weighted by molar-refractivity contribution is 6.07. The van der Waals surface area contributed by atoms with Gasteiger partial charge in [-0.2, -0.15) is 0 Å². The number of carbonyl (C=O) groups is 2. The van der Waals surface area contributed by atoms with E-state index in [0.29, 0.717) is 11.5 Å². The SMILES string of the molecule is C=CC(=O)Oc1ccc2cc(C3(c4ccc5cc(OC(=O)C=C)ccc5c4)c4cc5ccccc5cc4-c4c3ccc3ccccc43)ccc2c1. The van der Waals surface area contributed by atoms with E-state index in [2.05, 4.69) is 122 Å². The Labute approximate surface area is 294 Å². The highest BCUT2D eigenvalue weighted by Crippen LogP contribution is 2.59. The van der Waals surface area contributed by atoms with Gasteiger partial charge in [0.1, 0.15) is 11.5 Å². The van der Waals surface area contributed by atoms with Gasteiger partial charge < -0.3 is 9.47 Å². The van der Waals surface area contributed by atoms with Crippen LogP contribution in [0.4, 0.5) is 0 Å². The first-order chi connectivity index (χ1) is 25.0. The van der Waals surface area contributed by atoms with Crippen molar-refractivity contribution in [3.05, 3.63) is 193 Å². The number of fused-ring (bicyclic) bond motifs is 8. The summed E-state index contributed by atoms with van der Waals surface area (Å²) in [5.74, 6) is -0.0502. The molecule has 4 nitrogen and oxygen atoms in total. The average Bonchev–Trinajstić information content (AvgIpc) is 3.46. The van der Waals surface area contributed by atoms with E-state index < -0.39 is 17.4 Å². The highest BCUT2D eigenvalue weighted by atomic mass is 16.5. The van der Waals surface area contributed by atoms with Crippen molar-refractivity contribution in [1.29, 1.82) is 0 Å². The van der Waals surface area contributed by atoms with Gasteiger partial charge in [0.25, 0.3) is 0 Å². The molecule has 242 valence electrons. The molecule has 1 aliphatic carbocycles. The summed E-state index contributed by atoms with van der Waals surface area (Å²) >= 11 is 0. The summed E-state index contributed by atoms with van der Waals surface area (Å²) in [6.45, 7) is 7.05. The first-order valence-corrected chi connectivity index (χ1v) is 16.8. The molecule has 0 heterocycles. The third kappa shape index (κ3) is 4.76. The predicted molar refractivity (Wildman–Crippen MR) is 205 cm³/mol. The Morgan fingerprint density at radius 1 is 0.471 bits per heavy atom. The summed E-state index contributed by atoms with van der Waals surface area (Å²) in [6.07, 6.45) is 2.33. The van der Waals surface area contributed by atoms with Crippen LogP contribution < -0.4 is 9.47 Å². The second-order valence-corrected chi connectivity index (χ2v) is 12.9. The standard InChI is InChI=1S/C47H30O4/c1-3-44(48)50-38-20-15-32-23-36(18-13-34(32)25-38)47(37-19-14-35-26-39(51-45(49)4-2)21-16-33(35)24-37)42-22-17-29-9-7-8-12-40(29)46(42)41-27-30-10-5-6-11-31(30)28-43(41)47/h3-28H,1-2H2. The fraction of sp³-hybridized carbons (Fsp3) is 0.0213. The number of carbonyl (C=O) groups excluding carboxylic acids is 2. The molecule has 0 N–H and O–H groups in total. The maximum absolute atomic E-state index is 12.0. The second kappa shape index (κ2) is 11.7. The average molecular weight is 659 g/mol. The van der Waals surface area contributed by atoms with Crippen molar-refractivity contribution in [2.45, 2.75) is 5.41 Å². The van der Waals surface area contributed by atoms with E-state index in [1.165, 1.54) is 43.8 Å². The quantitative estimate of drug-likeness (QED) is 0.101. The molecule has 1 aliphatic rings. The van der Waals surface area contributed by atoms with E-state index in [0.717, 1.165) is 44.8 Å². The van der Waals surface area contributed by atoms with Crippen LogP contribution in [0.25, 0.3) is 54.2 Å². The third-order valence-electron chi connectivity index (χ3n) is 10.2. The van der Waals surface area contributed by atoms with Gasteiger partial charge in [-0.25, -0.2) is 9.59 Å². The fourth-order valence-electron chi connectivity index (χ4n) is 7.92. The lowest BCUT2D eigenvalue weighted by atomic mass is 9.67. The number of hydrogen-bond acceptors (Lipinski definition) is 4. The van der Waals surface area contributed by atoms with Gasteiger partial charge in [-0.15, -0.1) is 0 Å². The zero-order valence-corrected chi connectivity index (χ0v) is 27.6. The Kier molecular flexibility index (Phi) is 6.94. The van der Waals surface area contributed by atoms with Crippen LogP contribution in [0.2, 0.25) is 0 Å². The van der Waals surface area contributed by atoms with Gasteiger partial charge in [0.15, 0.2) is 0 Å². The minimum absolute atomic E-state index is 0.469. The van der Waals surface area contributed by atoms with Gasteiger partial charge in [-0.3, -0.25) is 0 Å². The van der Waals surface area contributed by atoms with Gasteiger partial charge >= 0.3 is 11.9 Å². The number of benzene rings is 8. The number of ether oxygens (including phenoxy) is 2. The molecule has 0 saturated heterocycles. The minimum atomic E-state index is -0.691. The molecule has 0 saturated carbocycles. The number of rotatable bonds is 6. The molecular weight excluding hydrogens is 629 g/mol.